The summed E-state index contributed by atoms with van der Waals surface area (Å²) in [6.07, 6.45) is 0. The lowest BCUT2D eigenvalue weighted by Crippen LogP contribution is -2.36. The number of para-hydroxylation sites is 2. The van der Waals surface area contributed by atoms with Gasteiger partial charge in [0.1, 0.15) is 0 Å². The highest BCUT2D eigenvalue weighted by atomic mass is 16.1. The lowest BCUT2D eigenvalue weighted by atomic mass is 9.64. The first kappa shape index (κ1) is 22.7. The molecule has 1 aliphatic carbocycles. The highest BCUT2D eigenvalue weighted by molar-refractivity contribution is 6.09. The number of fused-ring (bicyclic) bond motifs is 9. The molecule has 0 unspecified atom stereocenters. The number of carbonyl (C=O) groups is 1. The molecular formula is C38H25NO. The molecule has 1 spiro atoms. The highest BCUT2D eigenvalue weighted by Gasteiger charge is 2.51. The topological polar surface area (TPSA) is 20.3 Å². The molecular weight excluding hydrogens is 486 g/mol. The van der Waals surface area contributed by atoms with Crippen LogP contribution in [0.3, 0.4) is 0 Å². The second-order valence-corrected chi connectivity index (χ2v) is 10.5. The maximum atomic E-state index is 13.1. The van der Waals surface area contributed by atoms with Crippen LogP contribution in [0.15, 0.2) is 152 Å². The summed E-state index contributed by atoms with van der Waals surface area (Å²) in [5.74, 6) is 0.0321. The summed E-state index contributed by atoms with van der Waals surface area (Å²) in [5.41, 5.74) is 12.0. The number of ketones is 1. The summed E-state index contributed by atoms with van der Waals surface area (Å²) >= 11 is 0. The van der Waals surface area contributed by atoms with E-state index in [1.165, 1.54) is 33.4 Å². The van der Waals surface area contributed by atoms with Crippen LogP contribution >= 0.6 is 0 Å². The Hall–Kier alpha value is -5.21. The molecule has 1 aliphatic heterocycles. The third-order valence-electron chi connectivity index (χ3n) is 8.47. The van der Waals surface area contributed by atoms with Crippen molar-refractivity contribution < 1.29 is 4.79 Å². The van der Waals surface area contributed by atoms with Crippen molar-refractivity contribution in [2.24, 2.45) is 0 Å². The molecule has 8 rings (SSSR count). The molecule has 0 radical (unpaired) electrons. The molecule has 0 aromatic heterocycles. The second kappa shape index (κ2) is 8.65. The van der Waals surface area contributed by atoms with E-state index in [-0.39, 0.29) is 5.78 Å². The van der Waals surface area contributed by atoms with Crippen molar-refractivity contribution in [2.75, 3.05) is 4.90 Å². The lowest BCUT2D eigenvalue weighted by molar-refractivity contribution is 0.103. The fourth-order valence-corrected chi connectivity index (χ4v) is 6.86. The molecule has 0 atom stereocenters. The molecule has 0 N–H and O–H groups in total. The van der Waals surface area contributed by atoms with Crippen molar-refractivity contribution in [1.29, 1.82) is 0 Å². The fourth-order valence-electron chi connectivity index (χ4n) is 6.86. The molecule has 6 aromatic rings. The Bertz CT molecular complexity index is 1830. The van der Waals surface area contributed by atoms with Gasteiger partial charge >= 0.3 is 0 Å². The molecule has 0 saturated carbocycles. The van der Waals surface area contributed by atoms with Gasteiger partial charge in [0, 0.05) is 16.8 Å². The van der Waals surface area contributed by atoms with Gasteiger partial charge in [0.2, 0.25) is 0 Å². The van der Waals surface area contributed by atoms with Gasteiger partial charge in [-0.15, -0.1) is 0 Å². The fraction of sp³-hybridized carbons (Fsp3) is 0.0263. The standard InChI is InChI=1S/C38H25NO/c40-37(26-12-2-1-3-13-26)27-22-24-28(25-23-27)39-35-20-10-8-18-33(35)38(34-19-9-11-21-36(34)39)31-16-6-4-14-29(31)30-15-5-7-17-32(30)38/h1-25H. The molecule has 0 saturated heterocycles. The van der Waals surface area contributed by atoms with Crippen LogP contribution in [-0.4, -0.2) is 5.78 Å². The number of hydrogen-bond donors (Lipinski definition) is 0. The smallest absolute Gasteiger partial charge is 0.193 e. The Morgan fingerprint density at radius 3 is 1.40 bits per heavy atom. The highest BCUT2D eigenvalue weighted by Crippen LogP contribution is 2.63. The SMILES string of the molecule is O=C(c1ccccc1)c1ccc(N2c3ccccc3C3(c4ccccc4-c4ccccc43)c3ccccc32)cc1. The van der Waals surface area contributed by atoms with E-state index in [1.807, 2.05) is 42.5 Å². The van der Waals surface area contributed by atoms with E-state index in [0.29, 0.717) is 11.1 Å². The van der Waals surface area contributed by atoms with Crippen LogP contribution in [0.2, 0.25) is 0 Å². The van der Waals surface area contributed by atoms with Crippen LogP contribution in [0.1, 0.15) is 38.2 Å². The minimum absolute atomic E-state index is 0.0321. The molecule has 6 aromatic carbocycles. The monoisotopic (exact) mass is 511 g/mol. The van der Waals surface area contributed by atoms with E-state index < -0.39 is 5.41 Å². The molecule has 0 bridgehead atoms. The third kappa shape index (κ3) is 3.02. The Morgan fingerprint density at radius 2 is 0.850 bits per heavy atom. The number of benzene rings is 6. The first-order valence-corrected chi connectivity index (χ1v) is 13.7. The van der Waals surface area contributed by atoms with Crippen LogP contribution in [0.5, 0.6) is 0 Å². The van der Waals surface area contributed by atoms with Crippen molar-refractivity contribution in [3.63, 3.8) is 0 Å². The average Bonchev–Trinajstić information content (AvgIpc) is 3.33. The molecule has 2 heteroatoms. The van der Waals surface area contributed by atoms with E-state index in [4.69, 9.17) is 0 Å². The summed E-state index contributed by atoms with van der Waals surface area (Å²) in [7, 11) is 0. The second-order valence-electron chi connectivity index (χ2n) is 10.5. The summed E-state index contributed by atoms with van der Waals surface area (Å²) in [6.45, 7) is 0. The van der Waals surface area contributed by atoms with E-state index in [9.17, 15) is 4.79 Å². The Morgan fingerprint density at radius 1 is 0.425 bits per heavy atom. The zero-order valence-corrected chi connectivity index (χ0v) is 21.8. The number of rotatable bonds is 3. The maximum absolute atomic E-state index is 13.1. The summed E-state index contributed by atoms with van der Waals surface area (Å²) in [4.78, 5) is 15.5. The quantitative estimate of drug-likeness (QED) is 0.221. The molecule has 188 valence electrons. The zero-order valence-electron chi connectivity index (χ0n) is 21.8. The Balaban J connectivity index is 1.35. The summed E-state index contributed by atoms with van der Waals surface area (Å²) in [6, 6.07) is 52.7. The number of anilines is 3. The largest absolute Gasteiger partial charge is 0.310 e. The van der Waals surface area contributed by atoms with Gasteiger partial charge in [0.25, 0.3) is 0 Å². The summed E-state index contributed by atoms with van der Waals surface area (Å²) < 4.78 is 0. The zero-order chi connectivity index (χ0) is 26.7. The molecule has 2 nitrogen and oxygen atoms in total. The van der Waals surface area contributed by atoms with Crippen LogP contribution in [0, 0.1) is 0 Å². The average molecular weight is 512 g/mol. The van der Waals surface area contributed by atoms with Crippen LogP contribution < -0.4 is 4.90 Å². The molecule has 40 heavy (non-hydrogen) atoms. The van der Waals surface area contributed by atoms with E-state index in [2.05, 4.69) is 114 Å². The van der Waals surface area contributed by atoms with Crippen molar-refractivity contribution >= 4 is 22.8 Å². The minimum atomic E-state index is -0.417. The van der Waals surface area contributed by atoms with Gasteiger partial charge in [0.05, 0.1) is 16.8 Å². The molecule has 1 heterocycles. The predicted octanol–water partition coefficient (Wildman–Crippen LogP) is 9.06. The van der Waals surface area contributed by atoms with Crippen molar-refractivity contribution in [3.05, 3.63) is 185 Å². The predicted molar refractivity (Wildman–Crippen MR) is 162 cm³/mol. The van der Waals surface area contributed by atoms with Crippen LogP contribution in [0.4, 0.5) is 17.1 Å². The van der Waals surface area contributed by atoms with Crippen molar-refractivity contribution in [2.45, 2.75) is 5.41 Å². The van der Waals surface area contributed by atoms with E-state index in [0.717, 1.165) is 17.1 Å². The Kier molecular flexibility index (Phi) is 4.92. The van der Waals surface area contributed by atoms with Crippen molar-refractivity contribution in [1.82, 2.24) is 0 Å². The lowest BCUT2D eigenvalue weighted by Gasteiger charge is -2.45. The van der Waals surface area contributed by atoms with Gasteiger partial charge in [-0.2, -0.15) is 0 Å². The van der Waals surface area contributed by atoms with Gasteiger partial charge in [0.15, 0.2) is 5.78 Å². The normalized spacial score (nSPS) is 13.8. The van der Waals surface area contributed by atoms with Gasteiger partial charge in [-0.25, -0.2) is 0 Å². The van der Waals surface area contributed by atoms with Crippen LogP contribution in [0.25, 0.3) is 11.1 Å². The first-order chi connectivity index (χ1) is 19.8. The van der Waals surface area contributed by atoms with Crippen LogP contribution in [-0.2, 0) is 5.41 Å². The van der Waals surface area contributed by atoms with E-state index >= 15 is 0 Å². The Labute approximate surface area is 233 Å². The number of carbonyl (C=O) groups excluding carboxylic acids is 1. The molecule has 0 amide bonds. The van der Waals surface area contributed by atoms with Gasteiger partial charge in [-0.3, -0.25) is 4.79 Å². The molecule has 2 aliphatic rings. The van der Waals surface area contributed by atoms with Gasteiger partial charge in [-0.05, 0) is 69.8 Å². The number of hydrogen-bond acceptors (Lipinski definition) is 2. The molecule has 0 fully saturated rings. The number of nitrogens with zero attached hydrogens (tertiary/aromatic N) is 1. The first-order valence-electron chi connectivity index (χ1n) is 13.7. The van der Waals surface area contributed by atoms with Crippen molar-refractivity contribution in [3.8, 4) is 11.1 Å². The maximum Gasteiger partial charge on any atom is 0.193 e. The van der Waals surface area contributed by atoms with Gasteiger partial charge in [-0.1, -0.05) is 115 Å². The van der Waals surface area contributed by atoms with E-state index in [1.54, 1.807) is 0 Å². The third-order valence-corrected chi connectivity index (χ3v) is 8.47. The minimum Gasteiger partial charge on any atom is -0.310 e. The van der Waals surface area contributed by atoms with Gasteiger partial charge < -0.3 is 4.90 Å². The summed E-state index contributed by atoms with van der Waals surface area (Å²) in [5, 5.41) is 0.